The highest BCUT2D eigenvalue weighted by atomic mass is 16.2. The molecular formula is C26H31N7O. The summed E-state index contributed by atoms with van der Waals surface area (Å²) < 4.78 is 0. The second-order valence-corrected chi connectivity index (χ2v) is 10.5. The van der Waals surface area contributed by atoms with Crippen LogP contribution in [0, 0.1) is 23.2 Å². The van der Waals surface area contributed by atoms with Crippen molar-refractivity contribution in [3.05, 3.63) is 29.6 Å². The molecule has 34 heavy (non-hydrogen) atoms. The van der Waals surface area contributed by atoms with Crippen LogP contribution >= 0.6 is 0 Å². The molecule has 0 bridgehead atoms. The van der Waals surface area contributed by atoms with Gasteiger partial charge in [0.15, 0.2) is 0 Å². The van der Waals surface area contributed by atoms with E-state index < -0.39 is 0 Å². The lowest BCUT2D eigenvalue weighted by molar-refractivity contribution is -0.135. The zero-order valence-corrected chi connectivity index (χ0v) is 19.9. The highest BCUT2D eigenvalue weighted by Crippen LogP contribution is 2.45. The van der Waals surface area contributed by atoms with Gasteiger partial charge in [0.1, 0.15) is 11.9 Å². The Hall–Kier alpha value is -3.21. The molecule has 3 aliphatic carbocycles. The number of nitriles is 1. The van der Waals surface area contributed by atoms with Crippen molar-refractivity contribution in [3.8, 4) is 17.3 Å². The molecule has 1 amide bonds. The van der Waals surface area contributed by atoms with Crippen LogP contribution in [0.2, 0.25) is 0 Å². The van der Waals surface area contributed by atoms with E-state index in [0.717, 1.165) is 68.1 Å². The van der Waals surface area contributed by atoms with Crippen molar-refractivity contribution in [2.24, 2.45) is 11.8 Å². The maximum atomic E-state index is 12.9. The van der Waals surface area contributed by atoms with Crippen molar-refractivity contribution in [3.63, 3.8) is 0 Å². The fourth-order valence-corrected chi connectivity index (χ4v) is 5.15. The summed E-state index contributed by atoms with van der Waals surface area (Å²) in [7, 11) is 3.85. The van der Waals surface area contributed by atoms with Gasteiger partial charge in [-0.15, -0.1) is 0 Å². The number of anilines is 2. The van der Waals surface area contributed by atoms with Gasteiger partial charge in [-0.25, -0.2) is 15.0 Å². The van der Waals surface area contributed by atoms with Gasteiger partial charge in [0.2, 0.25) is 11.9 Å². The van der Waals surface area contributed by atoms with Crippen molar-refractivity contribution in [2.45, 2.75) is 50.5 Å². The fourth-order valence-electron chi connectivity index (χ4n) is 5.15. The minimum atomic E-state index is 0.240. The van der Waals surface area contributed by atoms with Gasteiger partial charge in [0.05, 0.1) is 23.0 Å². The second kappa shape index (κ2) is 8.23. The van der Waals surface area contributed by atoms with Crippen molar-refractivity contribution in [1.82, 2.24) is 19.9 Å². The molecule has 0 radical (unpaired) electrons. The molecule has 3 saturated carbocycles. The first kappa shape index (κ1) is 21.3. The highest BCUT2D eigenvalue weighted by molar-refractivity contribution is 5.82. The third-order valence-electron chi connectivity index (χ3n) is 7.53. The van der Waals surface area contributed by atoms with E-state index in [4.69, 9.17) is 9.97 Å². The van der Waals surface area contributed by atoms with Gasteiger partial charge >= 0.3 is 0 Å². The van der Waals surface area contributed by atoms with Crippen LogP contribution in [0.15, 0.2) is 18.3 Å². The molecule has 3 heterocycles. The number of amides is 1. The van der Waals surface area contributed by atoms with Gasteiger partial charge in [-0.3, -0.25) is 4.79 Å². The summed E-state index contributed by atoms with van der Waals surface area (Å²) in [6, 6.07) is 6.53. The molecule has 8 nitrogen and oxygen atoms in total. The minimum absolute atomic E-state index is 0.240. The molecule has 1 saturated heterocycles. The maximum Gasteiger partial charge on any atom is 0.226 e. The van der Waals surface area contributed by atoms with Crippen molar-refractivity contribution < 1.29 is 4.79 Å². The Morgan fingerprint density at radius 2 is 1.91 bits per heavy atom. The number of rotatable bonds is 6. The minimum Gasteiger partial charge on any atom is -0.352 e. The maximum absolute atomic E-state index is 12.9. The van der Waals surface area contributed by atoms with Crippen LogP contribution in [0.4, 0.5) is 11.8 Å². The topological polar surface area (TPSA) is 89.3 Å². The third-order valence-corrected chi connectivity index (χ3v) is 7.53. The van der Waals surface area contributed by atoms with E-state index in [9.17, 15) is 10.1 Å². The van der Waals surface area contributed by atoms with Crippen LogP contribution < -0.4 is 9.80 Å². The number of aromatic nitrogens is 3. The lowest BCUT2D eigenvalue weighted by atomic mass is 10.0. The monoisotopic (exact) mass is 457 g/mol. The molecule has 0 aromatic carbocycles. The third kappa shape index (κ3) is 3.97. The second-order valence-electron chi connectivity index (χ2n) is 10.5. The molecule has 176 valence electrons. The lowest BCUT2D eigenvalue weighted by Crippen LogP contribution is -2.57. The zero-order valence-electron chi connectivity index (χ0n) is 19.9. The smallest absolute Gasteiger partial charge is 0.226 e. The van der Waals surface area contributed by atoms with E-state index in [1.54, 1.807) is 6.20 Å². The summed E-state index contributed by atoms with van der Waals surface area (Å²) in [6.45, 7) is 2.22. The molecule has 2 aromatic rings. The summed E-state index contributed by atoms with van der Waals surface area (Å²) in [6.07, 6.45) is 8.48. The van der Waals surface area contributed by atoms with Crippen LogP contribution in [0.1, 0.15) is 55.7 Å². The molecule has 8 heteroatoms. The van der Waals surface area contributed by atoms with E-state index in [1.165, 1.54) is 12.8 Å². The quantitative estimate of drug-likeness (QED) is 0.658. The molecule has 2 aromatic heterocycles. The van der Waals surface area contributed by atoms with Crippen molar-refractivity contribution >= 4 is 17.7 Å². The lowest BCUT2D eigenvalue weighted by Gasteiger charge is -2.43. The van der Waals surface area contributed by atoms with E-state index in [-0.39, 0.29) is 12.0 Å². The van der Waals surface area contributed by atoms with Gasteiger partial charge in [0.25, 0.3) is 0 Å². The van der Waals surface area contributed by atoms with Gasteiger partial charge < -0.3 is 14.7 Å². The molecule has 1 aliphatic heterocycles. The Balaban J connectivity index is 1.35. The molecule has 1 unspecified atom stereocenters. The molecule has 0 spiro atoms. The summed E-state index contributed by atoms with van der Waals surface area (Å²) in [5, 5.41) is 10.1. The van der Waals surface area contributed by atoms with Crippen LogP contribution in [0.25, 0.3) is 11.3 Å². The number of carbonyl (C=O) groups is 1. The average Bonchev–Trinajstić information content (AvgIpc) is 3.73. The first-order valence-corrected chi connectivity index (χ1v) is 12.5. The first-order chi connectivity index (χ1) is 16.5. The SMILES string of the molecule is CN(C)c1nccc(-c2cc(C#N)c(N3CCN(C(=O)C4CC4)C(C4CC4)C3)nc2C2CC2)n1. The van der Waals surface area contributed by atoms with Gasteiger partial charge in [-0.1, -0.05) is 0 Å². The summed E-state index contributed by atoms with van der Waals surface area (Å²) in [5.74, 6) is 3.02. The Bertz CT molecular complexity index is 1160. The van der Waals surface area contributed by atoms with Crippen LogP contribution in [-0.4, -0.2) is 65.5 Å². The average molecular weight is 458 g/mol. The largest absolute Gasteiger partial charge is 0.352 e. The fraction of sp³-hybridized carbons (Fsp3) is 0.577. The van der Waals surface area contributed by atoms with Gasteiger partial charge in [0, 0.05) is 57.3 Å². The van der Waals surface area contributed by atoms with Crippen LogP contribution in [0.3, 0.4) is 0 Å². The number of pyridine rings is 1. The summed E-state index contributed by atoms with van der Waals surface area (Å²) >= 11 is 0. The Labute approximate surface area is 200 Å². The predicted molar refractivity (Wildman–Crippen MR) is 129 cm³/mol. The van der Waals surface area contributed by atoms with E-state index in [1.807, 2.05) is 31.1 Å². The number of hydrogen-bond acceptors (Lipinski definition) is 7. The van der Waals surface area contributed by atoms with Gasteiger partial charge in [-0.05, 0) is 56.6 Å². The van der Waals surface area contributed by atoms with Crippen LogP contribution in [-0.2, 0) is 4.79 Å². The first-order valence-electron chi connectivity index (χ1n) is 12.5. The molecule has 6 rings (SSSR count). The van der Waals surface area contributed by atoms with Crippen molar-refractivity contribution in [2.75, 3.05) is 43.5 Å². The molecule has 4 fully saturated rings. The Kier molecular flexibility index (Phi) is 5.16. The number of nitrogens with zero attached hydrogens (tertiary/aromatic N) is 7. The Morgan fingerprint density at radius 3 is 2.56 bits per heavy atom. The summed E-state index contributed by atoms with van der Waals surface area (Å²) in [4.78, 5) is 33.4. The number of piperazine rings is 1. The molecule has 1 atom stereocenters. The molecule has 0 N–H and O–H groups in total. The van der Waals surface area contributed by atoms with Gasteiger partial charge in [-0.2, -0.15) is 5.26 Å². The van der Waals surface area contributed by atoms with Crippen molar-refractivity contribution in [1.29, 1.82) is 5.26 Å². The predicted octanol–water partition coefficient (Wildman–Crippen LogP) is 3.19. The zero-order chi connectivity index (χ0) is 23.4. The van der Waals surface area contributed by atoms with Crippen LogP contribution in [0.5, 0.6) is 0 Å². The molecular weight excluding hydrogens is 426 g/mol. The Morgan fingerprint density at radius 1 is 1.12 bits per heavy atom. The number of carbonyl (C=O) groups excluding carboxylic acids is 1. The highest BCUT2D eigenvalue weighted by Gasteiger charge is 2.45. The summed E-state index contributed by atoms with van der Waals surface area (Å²) in [5.41, 5.74) is 3.37. The standard InChI is InChI=1S/C26H31N7O/c1-31(2)26-28-10-9-21(29-26)20-13-19(14-27)24(30-23(20)17-5-6-17)32-11-12-33(25(34)18-7-8-18)22(15-32)16-3-4-16/h9-10,13,16-18,22H,3-8,11-12,15H2,1-2H3. The van der Waals surface area contributed by atoms with E-state index in [2.05, 4.69) is 20.9 Å². The van der Waals surface area contributed by atoms with E-state index >= 15 is 0 Å². The number of hydrogen-bond donors (Lipinski definition) is 0. The molecule has 4 aliphatic rings. The van der Waals surface area contributed by atoms with E-state index in [0.29, 0.717) is 29.3 Å². The normalized spacial score (nSPS) is 22.4.